The predicted molar refractivity (Wildman–Crippen MR) is 80.1 cm³/mol. The number of esters is 1. The summed E-state index contributed by atoms with van der Waals surface area (Å²) in [7, 11) is 1.71. The summed E-state index contributed by atoms with van der Waals surface area (Å²) in [4.78, 5) is 24.0. The molecule has 112 valence electrons. The van der Waals surface area contributed by atoms with Crippen LogP contribution in [0.4, 0.5) is 5.69 Å². The number of rotatable bonds is 4. The van der Waals surface area contributed by atoms with E-state index in [1.165, 1.54) is 6.92 Å². The highest BCUT2D eigenvalue weighted by atomic mass is 16.5. The summed E-state index contributed by atoms with van der Waals surface area (Å²) in [5.41, 5.74) is 1.09. The van der Waals surface area contributed by atoms with Crippen molar-refractivity contribution >= 4 is 17.6 Å². The van der Waals surface area contributed by atoms with Gasteiger partial charge in [0.2, 0.25) is 0 Å². The van der Waals surface area contributed by atoms with Gasteiger partial charge in [0.05, 0.1) is 11.3 Å². The van der Waals surface area contributed by atoms with E-state index < -0.39 is 18.0 Å². The van der Waals surface area contributed by atoms with Crippen LogP contribution in [0.2, 0.25) is 0 Å². The molecule has 0 aliphatic rings. The Morgan fingerprint density at radius 1 is 1.27 bits per heavy atom. The van der Waals surface area contributed by atoms with Crippen LogP contribution < -0.4 is 5.32 Å². The normalized spacial score (nSPS) is 11.3. The number of anilines is 1. The molecular weight excluding hydrogens is 282 g/mol. The van der Waals surface area contributed by atoms with Crippen LogP contribution in [0.15, 0.2) is 42.6 Å². The molecule has 0 radical (unpaired) electrons. The van der Waals surface area contributed by atoms with Crippen molar-refractivity contribution in [3.63, 3.8) is 0 Å². The van der Waals surface area contributed by atoms with Crippen LogP contribution in [0.25, 0.3) is 0 Å². The molecule has 2 aromatic rings. The lowest BCUT2D eigenvalue weighted by Crippen LogP contribution is -2.30. The number of nitrogens with one attached hydrogen (secondary N) is 1. The number of aromatic nitrogens is 1. The van der Waals surface area contributed by atoms with Crippen LogP contribution in [0.5, 0.6) is 0 Å². The van der Waals surface area contributed by atoms with Gasteiger partial charge in [-0.15, -0.1) is 0 Å². The smallest absolute Gasteiger partial charge is 0.355 e. The first kappa shape index (κ1) is 15.3. The van der Waals surface area contributed by atoms with E-state index in [4.69, 9.17) is 10.00 Å². The number of carbonyl (C=O) groups is 2. The number of aryl methyl sites for hydroxylation is 1. The number of para-hydroxylation sites is 1. The first-order chi connectivity index (χ1) is 10.5. The van der Waals surface area contributed by atoms with Gasteiger partial charge in [0.15, 0.2) is 6.10 Å². The first-order valence-corrected chi connectivity index (χ1v) is 6.65. The zero-order valence-corrected chi connectivity index (χ0v) is 12.2. The number of hydrogen-bond donors (Lipinski definition) is 1. The molecule has 1 aromatic heterocycles. The van der Waals surface area contributed by atoms with E-state index in [1.807, 2.05) is 6.07 Å². The molecular formula is C16H15N3O3. The Balaban J connectivity index is 2.02. The van der Waals surface area contributed by atoms with E-state index >= 15 is 0 Å². The number of hydrogen-bond acceptors (Lipinski definition) is 4. The maximum atomic E-state index is 12.1. The summed E-state index contributed by atoms with van der Waals surface area (Å²) in [5, 5.41) is 11.6. The molecule has 0 spiro atoms. The second-order valence-electron chi connectivity index (χ2n) is 4.70. The molecule has 0 bridgehead atoms. The fourth-order valence-electron chi connectivity index (χ4n) is 1.87. The Hall–Kier alpha value is -3.07. The third-order valence-corrected chi connectivity index (χ3v) is 3.11. The Bertz CT molecular complexity index is 743. The summed E-state index contributed by atoms with van der Waals surface area (Å²) in [6.45, 7) is 1.48. The minimum absolute atomic E-state index is 0.344. The van der Waals surface area contributed by atoms with Gasteiger partial charge in [-0.05, 0) is 31.2 Å². The predicted octanol–water partition coefficient (Wildman–Crippen LogP) is 2.08. The third-order valence-electron chi connectivity index (χ3n) is 3.11. The molecule has 1 N–H and O–H groups in total. The molecule has 1 unspecified atom stereocenters. The van der Waals surface area contributed by atoms with Gasteiger partial charge in [-0.25, -0.2) is 4.79 Å². The van der Waals surface area contributed by atoms with Crippen molar-refractivity contribution in [2.75, 3.05) is 5.32 Å². The molecule has 1 aromatic carbocycles. The summed E-state index contributed by atoms with van der Waals surface area (Å²) in [6.07, 6.45) is 0.735. The molecule has 0 aliphatic carbocycles. The average Bonchev–Trinajstić information content (AvgIpc) is 2.93. The number of nitrogens with zero attached hydrogens (tertiary/aromatic N) is 2. The molecule has 1 atom stereocenters. The van der Waals surface area contributed by atoms with Gasteiger partial charge in [0.1, 0.15) is 11.8 Å². The van der Waals surface area contributed by atoms with Crippen LogP contribution >= 0.6 is 0 Å². The van der Waals surface area contributed by atoms with Gasteiger partial charge in [-0.3, -0.25) is 4.79 Å². The molecule has 0 fully saturated rings. The highest BCUT2D eigenvalue weighted by Crippen LogP contribution is 2.14. The van der Waals surface area contributed by atoms with E-state index in [-0.39, 0.29) is 0 Å². The Morgan fingerprint density at radius 2 is 2.00 bits per heavy atom. The van der Waals surface area contributed by atoms with Crippen LogP contribution in [-0.4, -0.2) is 22.5 Å². The van der Waals surface area contributed by atoms with Crippen molar-refractivity contribution in [3.05, 3.63) is 53.9 Å². The number of amides is 1. The summed E-state index contributed by atoms with van der Waals surface area (Å²) < 4.78 is 6.74. The molecule has 0 saturated carbocycles. The third kappa shape index (κ3) is 3.33. The van der Waals surface area contributed by atoms with Gasteiger partial charge in [0.25, 0.3) is 5.91 Å². The molecule has 0 aliphatic heterocycles. The number of benzene rings is 1. The molecule has 1 heterocycles. The first-order valence-electron chi connectivity index (χ1n) is 6.65. The van der Waals surface area contributed by atoms with E-state index in [9.17, 15) is 9.59 Å². The fraction of sp³-hybridized carbons (Fsp3) is 0.188. The number of carbonyl (C=O) groups excluding carboxylic acids is 2. The van der Waals surface area contributed by atoms with Gasteiger partial charge in [-0.1, -0.05) is 12.1 Å². The second kappa shape index (κ2) is 6.59. The topological polar surface area (TPSA) is 84.1 Å². The van der Waals surface area contributed by atoms with E-state index in [1.54, 1.807) is 54.2 Å². The minimum atomic E-state index is -0.978. The number of ether oxygens (including phenoxy) is 1. The highest BCUT2D eigenvalue weighted by Gasteiger charge is 2.21. The molecule has 0 saturated heterocycles. The molecule has 6 nitrogen and oxygen atoms in total. The van der Waals surface area contributed by atoms with Crippen LogP contribution in [0.1, 0.15) is 23.0 Å². The van der Waals surface area contributed by atoms with E-state index in [2.05, 4.69) is 5.32 Å². The lowest BCUT2D eigenvalue weighted by molar-refractivity contribution is -0.123. The quantitative estimate of drug-likeness (QED) is 0.876. The fourth-order valence-corrected chi connectivity index (χ4v) is 1.87. The summed E-state index contributed by atoms with van der Waals surface area (Å²) in [6, 6.07) is 11.9. The molecule has 6 heteroatoms. The molecule has 1 amide bonds. The maximum absolute atomic E-state index is 12.1. The standard InChI is InChI=1S/C16H15N3O3/c1-11(22-16(21)14-8-5-9-19(14)2)15(20)18-13-7-4-3-6-12(13)10-17/h3-9,11H,1-2H3,(H,18,20). The number of nitriles is 1. The van der Waals surface area contributed by atoms with Crippen molar-refractivity contribution in [1.29, 1.82) is 5.26 Å². The van der Waals surface area contributed by atoms with Crippen LogP contribution in [-0.2, 0) is 16.6 Å². The minimum Gasteiger partial charge on any atom is -0.448 e. The van der Waals surface area contributed by atoms with Crippen molar-refractivity contribution in [2.24, 2.45) is 7.05 Å². The molecule has 2 rings (SSSR count). The Labute approximate surface area is 127 Å². The van der Waals surface area contributed by atoms with Gasteiger partial charge in [0, 0.05) is 13.2 Å². The van der Waals surface area contributed by atoms with Crippen LogP contribution in [0, 0.1) is 11.3 Å². The van der Waals surface area contributed by atoms with Gasteiger partial charge < -0.3 is 14.6 Å². The van der Waals surface area contributed by atoms with Crippen molar-refractivity contribution in [3.8, 4) is 6.07 Å². The van der Waals surface area contributed by atoms with Crippen molar-refractivity contribution < 1.29 is 14.3 Å². The zero-order chi connectivity index (χ0) is 16.1. The monoisotopic (exact) mass is 297 g/mol. The summed E-state index contributed by atoms with van der Waals surface area (Å²) >= 11 is 0. The van der Waals surface area contributed by atoms with Crippen molar-refractivity contribution in [2.45, 2.75) is 13.0 Å². The lowest BCUT2D eigenvalue weighted by Gasteiger charge is -2.14. The van der Waals surface area contributed by atoms with Gasteiger partial charge >= 0.3 is 5.97 Å². The lowest BCUT2D eigenvalue weighted by atomic mass is 10.2. The maximum Gasteiger partial charge on any atom is 0.355 e. The molecule has 22 heavy (non-hydrogen) atoms. The van der Waals surface area contributed by atoms with Crippen molar-refractivity contribution in [1.82, 2.24) is 4.57 Å². The van der Waals surface area contributed by atoms with Crippen LogP contribution in [0.3, 0.4) is 0 Å². The van der Waals surface area contributed by atoms with E-state index in [0.717, 1.165) is 0 Å². The average molecular weight is 297 g/mol. The summed E-state index contributed by atoms with van der Waals surface area (Å²) in [5.74, 6) is -1.08. The SMILES string of the molecule is CC(OC(=O)c1cccn1C)C(=O)Nc1ccccc1C#N. The Kier molecular flexibility index (Phi) is 4.59. The largest absolute Gasteiger partial charge is 0.448 e. The zero-order valence-electron chi connectivity index (χ0n) is 12.2. The Morgan fingerprint density at radius 3 is 2.64 bits per heavy atom. The van der Waals surface area contributed by atoms with Gasteiger partial charge in [-0.2, -0.15) is 5.26 Å². The second-order valence-corrected chi connectivity index (χ2v) is 4.70. The highest BCUT2D eigenvalue weighted by molar-refractivity contribution is 5.97. The van der Waals surface area contributed by atoms with E-state index in [0.29, 0.717) is 16.9 Å².